The number of nitrogens with one attached hydrogen (secondary N) is 1. The Hall–Kier alpha value is -1.02. The van der Waals surface area contributed by atoms with E-state index in [4.69, 9.17) is 23.2 Å². The average Bonchev–Trinajstić information content (AvgIpc) is 2.46. The zero-order chi connectivity index (χ0) is 15.1. The minimum absolute atomic E-state index is 0.397. The highest BCUT2D eigenvalue weighted by Crippen LogP contribution is 2.24. The van der Waals surface area contributed by atoms with Gasteiger partial charge in [0.2, 0.25) is 0 Å². The molecule has 1 atom stereocenters. The molecular weight excluding hydrogens is 301 g/mol. The van der Waals surface area contributed by atoms with Gasteiger partial charge in [-0.3, -0.25) is 0 Å². The molecule has 0 saturated heterocycles. The quantitative estimate of drug-likeness (QED) is 0.680. The van der Waals surface area contributed by atoms with Crippen LogP contribution < -0.4 is 5.32 Å². The molecule has 1 N–H and O–H groups in total. The van der Waals surface area contributed by atoms with Crippen LogP contribution >= 0.6 is 23.2 Å². The lowest BCUT2D eigenvalue weighted by atomic mass is 9.92. The first-order valence-electron chi connectivity index (χ1n) is 7.39. The van der Waals surface area contributed by atoms with Crippen LogP contribution in [0.4, 0.5) is 0 Å². The molecular formula is C18H21Cl2N. The highest BCUT2D eigenvalue weighted by atomic mass is 35.5. The molecule has 21 heavy (non-hydrogen) atoms. The number of hydrogen-bond donors (Lipinski definition) is 1. The smallest absolute Gasteiger partial charge is 0.0408 e. The van der Waals surface area contributed by atoms with Crippen LogP contribution in [-0.2, 0) is 6.42 Å². The van der Waals surface area contributed by atoms with Gasteiger partial charge in [0.1, 0.15) is 0 Å². The lowest BCUT2D eigenvalue weighted by Gasteiger charge is -2.19. The summed E-state index contributed by atoms with van der Waals surface area (Å²) in [4.78, 5) is 0. The lowest BCUT2D eigenvalue weighted by molar-refractivity contribution is 0.576. The molecule has 0 saturated carbocycles. The number of rotatable bonds is 7. The predicted octanol–water partition coefficient (Wildman–Crippen LogP) is 5.32. The van der Waals surface area contributed by atoms with Crippen molar-refractivity contribution in [1.82, 2.24) is 5.32 Å². The molecule has 0 radical (unpaired) electrons. The summed E-state index contributed by atoms with van der Waals surface area (Å²) in [6, 6.07) is 16.2. The van der Waals surface area contributed by atoms with Gasteiger partial charge in [0.25, 0.3) is 0 Å². The van der Waals surface area contributed by atoms with Crippen molar-refractivity contribution >= 4 is 23.2 Å². The molecule has 0 heterocycles. The maximum Gasteiger partial charge on any atom is 0.0408 e. The third-order valence-corrected chi connectivity index (χ3v) is 3.98. The third kappa shape index (κ3) is 5.35. The Balaban J connectivity index is 2.15. The van der Waals surface area contributed by atoms with E-state index in [1.54, 1.807) is 0 Å². The topological polar surface area (TPSA) is 12.0 Å². The standard InChI is InChI=1S/C18H21Cl2N/c1-2-9-21-13-16(15-6-4-8-18(20)12-15)10-14-5-3-7-17(19)11-14/h3-8,11-12,16,21H,2,9-10,13H2,1H3. The Labute approximate surface area is 137 Å². The molecule has 0 spiro atoms. The first kappa shape index (κ1) is 16.4. The fourth-order valence-electron chi connectivity index (χ4n) is 2.47. The summed E-state index contributed by atoms with van der Waals surface area (Å²) >= 11 is 12.2. The van der Waals surface area contributed by atoms with Crippen molar-refractivity contribution in [2.45, 2.75) is 25.7 Å². The Morgan fingerprint density at radius 2 is 1.71 bits per heavy atom. The molecule has 2 aromatic carbocycles. The predicted molar refractivity (Wildman–Crippen MR) is 92.5 cm³/mol. The first-order chi connectivity index (χ1) is 10.2. The zero-order valence-corrected chi connectivity index (χ0v) is 13.8. The Bertz CT molecular complexity index is 569. The van der Waals surface area contributed by atoms with Crippen LogP contribution in [0.25, 0.3) is 0 Å². The van der Waals surface area contributed by atoms with Gasteiger partial charge < -0.3 is 5.32 Å². The second-order valence-electron chi connectivity index (χ2n) is 5.29. The van der Waals surface area contributed by atoms with E-state index in [1.807, 2.05) is 30.3 Å². The van der Waals surface area contributed by atoms with Crippen LogP contribution in [0.5, 0.6) is 0 Å². The molecule has 0 amide bonds. The average molecular weight is 322 g/mol. The van der Waals surface area contributed by atoms with Crippen LogP contribution in [0.1, 0.15) is 30.4 Å². The summed E-state index contributed by atoms with van der Waals surface area (Å²) in [6.45, 7) is 4.16. The fraction of sp³-hybridized carbons (Fsp3) is 0.333. The van der Waals surface area contributed by atoms with E-state index in [2.05, 4.69) is 30.4 Å². The van der Waals surface area contributed by atoms with Gasteiger partial charge >= 0.3 is 0 Å². The van der Waals surface area contributed by atoms with Crippen molar-refractivity contribution in [2.24, 2.45) is 0 Å². The van der Waals surface area contributed by atoms with Gasteiger partial charge in [-0.2, -0.15) is 0 Å². The zero-order valence-electron chi connectivity index (χ0n) is 12.3. The van der Waals surface area contributed by atoms with Gasteiger partial charge in [0.05, 0.1) is 0 Å². The third-order valence-electron chi connectivity index (χ3n) is 3.51. The number of halogens is 2. The van der Waals surface area contributed by atoms with Gasteiger partial charge in [-0.15, -0.1) is 0 Å². The van der Waals surface area contributed by atoms with Crippen molar-refractivity contribution in [3.05, 3.63) is 69.7 Å². The summed E-state index contributed by atoms with van der Waals surface area (Å²) in [7, 11) is 0. The van der Waals surface area contributed by atoms with E-state index in [0.717, 1.165) is 36.0 Å². The highest BCUT2D eigenvalue weighted by molar-refractivity contribution is 6.30. The molecule has 3 heteroatoms. The van der Waals surface area contributed by atoms with Crippen LogP contribution in [0.15, 0.2) is 48.5 Å². The van der Waals surface area contributed by atoms with E-state index in [0.29, 0.717) is 5.92 Å². The normalized spacial score (nSPS) is 12.3. The maximum absolute atomic E-state index is 6.14. The second-order valence-corrected chi connectivity index (χ2v) is 6.16. The second kappa shape index (κ2) is 8.43. The van der Waals surface area contributed by atoms with Gasteiger partial charge in [-0.1, -0.05) is 54.4 Å². The first-order valence-corrected chi connectivity index (χ1v) is 8.15. The van der Waals surface area contributed by atoms with Crippen LogP contribution in [0.3, 0.4) is 0 Å². The van der Waals surface area contributed by atoms with Gasteiger partial charge in [-0.25, -0.2) is 0 Å². The van der Waals surface area contributed by atoms with Crippen LogP contribution in [0.2, 0.25) is 10.0 Å². The summed E-state index contributed by atoms with van der Waals surface area (Å²) < 4.78 is 0. The molecule has 0 aliphatic rings. The van der Waals surface area contributed by atoms with Gasteiger partial charge in [0, 0.05) is 22.5 Å². The largest absolute Gasteiger partial charge is 0.316 e. The van der Waals surface area contributed by atoms with Crippen LogP contribution in [0, 0.1) is 0 Å². The van der Waals surface area contributed by atoms with E-state index in [1.165, 1.54) is 11.1 Å². The number of benzene rings is 2. The van der Waals surface area contributed by atoms with Crippen molar-refractivity contribution in [2.75, 3.05) is 13.1 Å². The van der Waals surface area contributed by atoms with E-state index >= 15 is 0 Å². The minimum Gasteiger partial charge on any atom is -0.316 e. The minimum atomic E-state index is 0.397. The molecule has 2 aromatic rings. The molecule has 0 aliphatic heterocycles. The van der Waals surface area contributed by atoms with Crippen LogP contribution in [-0.4, -0.2) is 13.1 Å². The maximum atomic E-state index is 6.14. The lowest BCUT2D eigenvalue weighted by Crippen LogP contribution is -2.23. The molecule has 0 aromatic heterocycles. The van der Waals surface area contributed by atoms with Crippen molar-refractivity contribution in [3.8, 4) is 0 Å². The monoisotopic (exact) mass is 321 g/mol. The Morgan fingerprint density at radius 1 is 1.00 bits per heavy atom. The van der Waals surface area contributed by atoms with Crippen molar-refractivity contribution in [1.29, 1.82) is 0 Å². The summed E-state index contributed by atoms with van der Waals surface area (Å²) in [5, 5.41) is 5.09. The molecule has 1 unspecified atom stereocenters. The van der Waals surface area contributed by atoms with Gasteiger partial charge in [0.15, 0.2) is 0 Å². The Kier molecular flexibility index (Phi) is 6.56. The molecule has 0 aliphatic carbocycles. The fourth-order valence-corrected chi connectivity index (χ4v) is 2.88. The molecule has 1 nitrogen and oxygen atoms in total. The summed E-state index contributed by atoms with van der Waals surface area (Å²) in [5.74, 6) is 0.397. The molecule has 2 rings (SSSR count). The summed E-state index contributed by atoms with van der Waals surface area (Å²) in [5.41, 5.74) is 2.52. The van der Waals surface area contributed by atoms with E-state index in [9.17, 15) is 0 Å². The summed E-state index contributed by atoms with van der Waals surface area (Å²) in [6.07, 6.45) is 2.09. The molecule has 0 fully saturated rings. The Morgan fingerprint density at radius 3 is 2.38 bits per heavy atom. The molecule has 0 bridgehead atoms. The van der Waals surface area contributed by atoms with Crippen molar-refractivity contribution in [3.63, 3.8) is 0 Å². The van der Waals surface area contributed by atoms with E-state index < -0.39 is 0 Å². The van der Waals surface area contributed by atoms with Crippen molar-refractivity contribution < 1.29 is 0 Å². The highest BCUT2D eigenvalue weighted by Gasteiger charge is 2.13. The number of hydrogen-bond acceptors (Lipinski definition) is 1. The molecule has 112 valence electrons. The van der Waals surface area contributed by atoms with E-state index in [-0.39, 0.29) is 0 Å². The SMILES string of the molecule is CCCNCC(Cc1cccc(Cl)c1)c1cccc(Cl)c1. The van der Waals surface area contributed by atoms with Gasteiger partial charge in [-0.05, 0) is 54.8 Å².